The van der Waals surface area contributed by atoms with Gasteiger partial charge >= 0.3 is 0 Å². The summed E-state index contributed by atoms with van der Waals surface area (Å²) in [5, 5.41) is 4.16. The number of carbonyl (C=O) groups is 1. The highest BCUT2D eigenvalue weighted by molar-refractivity contribution is 9.10. The molecule has 4 rings (SSSR count). The highest BCUT2D eigenvalue weighted by Gasteiger charge is 2.13. The maximum Gasteiger partial charge on any atom is 0.244 e. The number of carbonyl (C=O) groups excluding carboxylic acids is 1. The zero-order valence-corrected chi connectivity index (χ0v) is 19.3. The van der Waals surface area contributed by atoms with Crippen LogP contribution in [0.2, 0.25) is 0 Å². The minimum atomic E-state index is -0.191. The number of benzene rings is 2. The summed E-state index contributed by atoms with van der Waals surface area (Å²) < 4.78 is 14.3. The second-order valence-electron chi connectivity index (χ2n) is 7.54. The third-order valence-electron chi connectivity index (χ3n) is 5.25. The minimum absolute atomic E-state index is 0.191. The van der Waals surface area contributed by atoms with Gasteiger partial charge in [0.2, 0.25) is 5.91 Å². The molecule has 0 bridgehead atoms. The number of ether oxygens (including phenoxy) is 2. The highest BCUT2D eigenvalue weighted by Crippen LogP contribution is 2.31. The van der Waals surface area contributed by atoms with Crippen LogP contribution >= 0.6 is 15.9 Å². The lowest BCUT2D eigenvalue weighted by Gasteiger charge is -2.18. The standard InChI is InChI=1S/C24H24BrN3O3/c1-15-4-6-20(13-21(15)25)28-16(2)10-19(17(28)3)14-26-27-24(29)12-18-5-7-22-23(11-18)31-9-8-30-22/h4-7,10-11,13-14H,8-9,12H2,1-3H3,(H,27,29)/b26-14+. The number of aromatic nitrogens is 1. The summed E-state index contributed by atoms with van der Waals surface area (Å²) in [4.78, 5) is 12.3. The minimum Gasteiger partial charge on any atom is -0.486 e. The first kappa shape index (κ1) is 21.2. The lowest BCUT2D eigenvalue weighted by atomic mass is 10.1. The fourth-order valence-electron chi connectivity index (χ4n) is 3.63. The molecule has 0 radical (unpaired) electrons. The molecule has 0 fully saturated rings. The van der Waals surface area contributed by atoms with Crippen molar-refractivity contribution in [1.29, 1.82) is 0 Å². The Morgan fingerprint density at radius 2 is 1.87 bits per heavy atom. The first-order valence-electron chi connectivity index (χ1n) is 10.1. The predicted molar refractivity (Wildman–Crippen MR) is 125 cm³/mol. The van der Waals surface area contributed by atoms with Crippen LogP contribution in [0.25, 0.3) is 5.69 Å². The van der Waals surface area contributed by atoms with E-state index in [0.717, 1.165) is 32.7 Å². The van der Waals surface area contributed by atoms with Gasteiger partial charge in [-0.2, -0.15) is 5.10 Å². The summed E-state index contributed by atoms with van der Waals surface area (Å²) in [6, 6.07) is 13.9. The van der Waals surface area contributed by atoms with Gasteiger partial charge in [-0.1, -0.05) is 28.1 Å². The Labute approximate surface area is 190 Å². The normalized spacial score (nSPS) is 12.9. The van der Waals surface area contributed by atoms with Crippen LogP contribution in [0.3, 0.4) is 0 Å². The van der Waals surface area contributed by atoms with E-state index in [1.54, 1.807) is 6.21 Å². The van der Waals surface area contributed by atoms with E-state index in [-0.39, 0.29) is 12.3 Å². The number of hydrazone groups is 1. The van der Waals surface area contributed by atoms with Crippen molar-refractivity contribution in [2.45, 2.75) is 27.2 Å². The molecule has 0 aliphatic carbocycles. The predicted octanol–water partition coefficient (Wildman–Crippen LogP) is 4.63. The molecule has 2 heterocycles. The van der Waals surface area contributed by atoms with Crippen LogP contribution in [0.5, 0.6) is 11.5 Å². The Morgan fingerprint density at radius 1 is 1.10 bits per heavy atom. The number of hydrogen-bond donors (Lipinski definition) is 1. The first-order valence-corrected chi connectivity index (χ1v) is 10.9. The quantitative estimate of drug-likeness (QED) is 0.426. The largest absolute Gasteiger partial charge is 0.486 e. The average molecular weight is 482 g/mol. The van der Waals surface area contributed by atoms with Gasteiger partial charge < -0.3 is 14.0 Å². The fraction of sp³-hybridized carbons (Fsp3) is 0.250. The molecule has 1 N–H and O–H groups in total. The Hall–Kier alpha value is -3.06. The van der Waals surface area contributed by atoms with Crippen LogP contribution < -0.4 is 14.9 Å². The zero-order chi connectivity index (χ0) is 22.0. The molecule has 1 amide bonds. The average Bonchev–Trinajstić information content (AvgIpc) is 3.03. The van der Waals surface area contributed by atoms with Gasteiger partial charge in [0, 0.05) is 27.1 Å². The fourth-order valence-corrected chi connectivity index (χ4v) is 4.00. The number of halogens is 1. The first-order chi connectivity index (χ1) is 14.9. The molecule has 0 saturated carbocycles. The molecule has 2 aromatic carbocycles. The molecule has 0 spiro atoms. The second kappa shape index (κ2) is 8.98. The van der Waals surface area contributed by atoms with E-state index in [0.29, 0.717) is 24.7 Å². The molecule has 3 aromatic rings. The van der Waals surface area contributed by atoms with Crippen LogP contribution in [0.15, 0.2) is 52.0 Å². The van der Waals surface area contributed by atoms with Gasteiger partial charge in [-0.15, -0.1) is 0 Å². The molecule has 0 unspecified atom stereocenters. The molecule has 0 saturated heterocycles. The van der Waals surface area contributed by atoms with E-state index < -0.39 is 0 Å². The number of aryl methyl sites for hydroxylation is 2. The van der Waals surface area contributed by atoms with Crippen LogP contribution in [-0.4, -0.2) is 29.9 Å². The molecule has 0 atom stereocenters. The topological polar surface area (TPSA) is 64.9 Å². The van der Waals surface area contributed by atoms with Crippen molar-refractivity contribution in [3.63, 3.8) is 0 Å². The van der Waals surface area contributed by atoms with Crippen molar-refractivity contribution < 1.29 is 14.3 Å². The Kier molecular flexibility index (Phi) is 6.13. The summed E-state index contributed by atoms with van der Waals surface area (Å²) >= 11 is 3.60. The van der Waals surface area contributed by atoms with Gasteiger partial charge in [0.25, 0.3) is 0 Å². The molecule has 1 aliphatic heterocycles. The summed E-state index contributed by atoms with van der Waals surface area (Å²) in [6.45, 7) is 7.22. The Morgan fingerprint density at radius 3 is 2.65 bits per heavy atom. The smallest absolute Gasteiger partial charge is 0.244 e. The number of hydrogen-bond acceptors (Lipinski definition) is 4. The van der Waals surface area contributed by atoms with Crippen molar-refractivity contribution >= 4 is 28.1 Å². The lowest BCUT2D eigenvalue weighted by Crippen LogP contribution is -2.20. The van der Waals surface area contributed by atoms with Crippen molar-refractivity contribution in [1.82, 2.24) is 9.99 Å². The summed E-state index contributed by atoms with van der Waals surface area (Å²) in [7, 11) is 0. The molecule has 6 nitrogen and oxygen atoms in total. The third-order valence-corrected chi connectivity index (χ3v) is 6.10. The van der Waals surface area contributed by atoms with Gasteiger partial charge in [-0.05, 0) is 62.2 Å². The van der Waals surface area contributed by atoms with Crippen LogP contribution in [-0.2, 0) is 11.2 Å². The number of rotatable bonds is 5. The maximum absolute atomic E-state index is 12.3. The zero-order valence-electron chi connectivity index (χ0n) is 17.7. The van der Waals surface area contributed by atoms with E-state index in [1.165, 1.54) is 5.56 Å². The van der Waals surface area contributed by atoms with E-state index in [1.807, 2.05) is 25.1 Å². The Bertz CT molecular complexity index is 1170. The molecule has 7 heteroatoms. The van der Waals surface area contributed by atoms with Crippen LogP contribution in [0.4, 0.5) is 0 Å². The number of amides is 1. The summed E-state index contributed by atoms with van der Waals surface area (Å²) in [6.07, 6.45) is 1.90. The van der Waals surface area contributed by atoms with E-state index in [9.17, 15) is 4.79 Å². The van der Waals surface area contributed by atoms with Gasteiger partial charge in [-0.25, -0.2) is 5.43 Å². The molecular formula is C24H24BrN3O3. The molecule has 31 heavy (non-hydrogen) atoms. The molecular weight excluding hydrogens is 458 g/mol. The van der Waals surface area contributed by atoms with Gasteiger partial charge in [0.15, 0.2) is 11.5 Å². The van der Waals surface area contributed by atoms with E-state index in [2.05, 4.69) is 69.1 Å². The van der Waals surface area contributed by atoms with E-state index >= 15 is 0 Å². The van der Waals surface area contributed by atoms with Crippen molar-refractivity contribution in [3.05, 3.63) is 75.0 Å². The van der Waals surface area contributed by atoms with Crippen molar-refractivity contribution in [2.75, 3.05) is 13.2 Å². The number of fused-ring (bicyclic) bond motifs is 1. The molecule has 1 aromatic heterocycles. The number of nitrogens with one attached hydrogen (secondary N) is 1. The monoisotopic (exact) mass is 481 g/mol. The third kappa shape index (κ3) is 4.66. The van der Waals surface area contributed by atoms with Gasteiger partial charge in [0.05, 0.1) is 12.6 Å². The highest BCUT2D eigenvalue weighted by atomic mass is 79.9. The van der Waals surface area contributed by atoms with Crippen LogP contribution in [0, 0.1) is 20.8 Å². The van der Waals surface area contributed by atoms with Gasteiger partial charge in [-0.3, -0.25) is 4.79 Å². The molecule has 160 valence electrons. The van der Waals surface area contributed by atoms with Crippen LogP contribution in [0.1, 0.15) is 28.1 Å². The maximum atomic E-state index is 12.3. The molecule has 1 aliphatic rings. The van der Waals surface area contributed by atoms with Gasteiger partial charge in [0.1, 0.15) is 13.2 Å². The number of nitrogens with zero attached hydrogens (tertiary/aromatic N) is 2. The van der Waals surface area contributed by atoms with Crippen molar-refractivity contribution in [2.24, 2.45) is 5.10 Å². The van der Waals surface area contributed by atoms with Crippen molar-refractivity contribution in [3.8, 4) is 17.2 Å². The SMILES string of the molecule is Cc1ccc(-n2c(C)cc(/C=N/NC(=O)Cc3ccc4c(c3)OCCO4)c2C)cc1Br. The van der Waals surface area contributed by atoms with E-state index in [4.69, 9.17) is 9.47 Å². The second-order valence-corrected chi connectivity index (χ2v) is 8.40. The lowest BCUT2D eigenvalue weighted by molar-refractivity contribution is -0.120. The Balaban J connectivity index is 1.43. The summed E-state index contributed by atoms with van der Waals surface area (Å²) in [5.41, 5.74) is 8.83. The summed E-state index contributed by atoms with van der Waals surface area (Å²) in [5.74, 6) is 1.20.